The summed E-state index contributed by atoms with van der Waals surface area (Å²) in [6.07, 6.45) is 0. The number of fused-ring (bicyclic) bond motifs is 7. The second-order valence-corrected chi connectivity index (χ2v) is 20.1. The van der Waals surface area contributed by atoms with E-state index in [9.17, 15) is 0 Å². The number of anilines is 3. The molecule has 0 N–H and O–H groups in total. The lowest BCUT2D eigenvalue weighted by molar-refractivity contribution is 1.28. The average molecular weight is 978 g/mol. The molecule has 0 heterocycles. The van der Waals surface area contributed by atoms with Gasteiger partial charge in [0.1, 0.15) is 0 Å². The van der Waals surface area contributed by atoms with Crippen LogP contribution in [0.4, 0.5) is 17.1 Å². The van der Waals surface area contributed by atoms with Gasteiger partial charge in [-0.3, -0.25) is 0 Å². The van der Waals surface area contributed by atoms with Crippen LogP contribution in [0.15, 0.2) is 309 Å². The predicted octanol–water partition coefficient (Wildman–Crippen LogP) is 21.6. The van der Waals surface area contributed by atoms with E-state index in [0.29, 0.717) is 0 Å². The Hall–Kier alpha value is -10.1. The molecule has 0 bridgehead atoms. The van der Waals surface area contributed by atoms with Crippen molar-refractivity contribution in [1.29, 1.82) is 0 Å². The van der Waals surface area contributed by atoms with Gasteiger partial charge >= 0.3 is 0 Å². The van der Waals surface area contributed by atoms with E-state index in [1.165, 1.54) is 120 Å². The predicted molar refractivity (Wildman–Crippen MR) is 332 cm³/mol. The summed E-state index contributed by atoms with van der Waals surface area (Å²) >= 11 is 0. The second-order valence-electron chi connectivity index (χ2n) is 20.1. The van der Waals surface area contributed by atoms with E-state index in [1.807, 2.05) is 0 Å². The summed E-state index contributed by atoms with van der Waals surface area (Å²) in [4.78, 5) is 2.29. The fraction of sp³-hybridized carbons (Fsp3) is 0. The maximum atomic E-state index is 2.33. The third-order valence-corrected chi connectivity index (χ3v) is 15.4. The minimum Gasteiger partial charge on any atom is -0.311 e. The van der Waals surface area contributed by atoms with Gasteiger partial charge < -0.3 is 4.90 Å². The number of hydrogen-bond donors (Lipinski definition) is 0. The summed E-state index contributed by atoms with van der Waals surface area (Å²) in [5.74, 6) is 0. The van der Waals surface area contributed by atoms with Gasteiger partial charge in [0.15, 0.2) is 0 Å². The van der Waals surface area contributed by atoms with Crippen LogP contribution >= 0.6 is 0 Å². The first-order valence-corrected chi connectivity index (χ1v) is 26.5. The highest BCUT2D eigenvalue weighted by atomic mass is 15.1. The Morgan fingerprint density at radius 2 is 0.416 bits per heavy atom. The van der Waals surface area contributed by atoms with Crippen LogP contribution in [0.5, 0.6) is 0 Å². The van der Waals surface area contributed by atoms with Crippen LogP contribution in [0.2, 0.25) is 0 Å². The van der Waals surface area contributed by atoms with E-state index in [1.54, 1.807) is 0 Å². The van der Waals surface area contributed by atoms with Crippen molar-refractivity contribution in [3.8, 4) is 44.5 Å². The molecular formula is C76H51N. The van der Waals surface area contributed by atoms with Crippen molar-refractivity contribution in [2.24, 2.45) is 0 Å². The van der Waals surface area contributed by atoms with Gasteiger partial charge in [-0.1, -0.05) is 231 Å². The molecule has 15 rings (SSSR count). The summed E-state index contributed by atoms with van der Waals surface area (Å²) in [5, 5.41) is 17.8. The van der Waals surface area contributed by atoms with E-state index in [-0.39, 0.29) is 0 Å². The first-order valence-electron chi connectivity index (χ1n) is 26.5. The smallest absolute Gasteiger partial charge is 0.0462 e. The molecule has 0 spiro atoms. The zero-order chi connectivity index (χ0) is 51.1. The third-order valence-electron chi connectivity index (χ3n) is 15.4. The average Bonchev–Trinajstić information content (AvgIpc) is 3.55. The Morgan fingerprint density at radius 3 is 0.818 bits per heavy atom. The van der Waals surface area contributed by atoms with E-state index >= 15 is 0 Å². The van der Waals surface area contributed by atoms with Crippen molar-refractivity contribution in [2.45, 2.75) is 0 Å². The largest absolute Gasteiger partial charge is 0.311 e. The normalized spacial score (nSPS) is 11.4. The van der Waals surface area contributed by atoms with Gasteiger partial charge in [0.2, 0.25) is 0 Å². The Morgan fingerprint density at radius 1 is 0.156 bits per heavy atom. The first kappa shape index (κ1) is 45.5. The molecule has 0 unspecified atom stereocenters. The van der Waals surface area contributed by atoms with Gasteiger partial charge in [-0.05, 0) is 199 Å². The Bertz CT molecular complexity index is 4440. The summed E-state index contributed by atoms with van der Waals surface area (Å²) in [5.41, 5.74) is 13.5. The van der Waals surface area contributed by atoms with Crippen molar-refractivity contribution in [2.75, 3.05) is 4.90 Å². The molecule has 15 aromatic rings. The van der Waals surface area contributed by atoms with Gasteiger partial charge in [0.25, 0.3) is 0 Å². The maximum absolute atomic E-state index is 2.33. The molecule has 15 aromatic carbocycles. The Labute approximate surface area is 448 Å². The van der Waals surface area contributed by atoms with E-state index in [2.05, 4.69) is 314 Å². The zero-order valence-electron chi connectivity index (χ0n) is 42.4. The monoisotopic (exact) mass is 977 g/mol. The highest BCUT2D eigenvalue weighted by molar-refractivity contribution is 6.22. The number of rotatable bonds is 7. The van der Waals surface area contributed by atoms with Crippen LogP contribution in [0.1, 0.15) is 0 Å². The molecule has 1 nitrogen and oxygen atoms in total. The molecule has 0 saturated heterocycles. The van der Waals surface area contributed by atoms with E-state index < -0.39 is 0 Å². The van der Waals surface area contributed by atoms with Gasteiger partial charge in [-0.25, -0.2) is 0 Å². The molecule has 0 saturated carbocycles. The highest BCUT2D eigenvalue weighted by Gasteiger charge is 2.18. The first-order chi connectivity index (χ1) is 38.1. The quantitative estimate of drug-likeness (QED) is 0.144. The minimum atomic E-state index is 1.13. The van der Waals surface area contributed by atoms with Crippen molar-refractivity contribution < 1.29 is 0 Å². The van der Waals surface area contributed by atoms with Crippen LogP contribution in [-0.4, -0.2) is 0 Å². The maximum Gasteiger partial charge on any atom is 0.0462 e. The fourth-order valence-electron chi connectivity index (χ4n) is 11.6. The van der Waals surface area contributed by atoms with Crippen molar-refractivity contribution in [3.63, 3.8) is 0 Å². The lowest BCUT2D eigenvalue weighted by atomic mass is 9.85. The lowest BCUT2D eigenvalue weighted by Gasteiger charge is -2.25. The molecular weight excluding hydrogens is 927 g/mol. The lowest BCUT2D eigenvalue weighted by Crippen LogP contribution is -2.09. The highest BCUT2D eigenvalue weighted by Crippen LogP contribution is 2.45. The second kappa shape index (κ2) is 19.6. The number of hydrogen-bond acceptors (Lipinski definition) is 1. The summed E-state index contributed by atoms with van der Waals surface area (Å²) < 4.78 is 0. The third kappa shape index (κ3) is 8.70. The molecule has 0 aliphatic heterocycles. The molecule has 0 aliphatic carbocycles. The summed E-state index contributed by atoms with van der Waals surface area (Å²) in [6.45, 7) is 0. The molecule has 0 aromatic heterocycles. The zero-order valence-corrected chi connectivity index (χ0v) is 42.4. The topological polar surface area (TPSA) is 3.24 Å². The van der Waals surface area contributed by atoms with Gasteiger partial charge in [0, 0.05) is 17.1 Å². The van der Waals surface area contributed by atoms with Crippen molar-refractivity contribution >= 4 is 92.5 Å². The number of para-hydroxylation sites is 2. The van der Waals surface area contributed by atoms with Crippen LogP contribution in [-0.2, 0) is 0 Å². The summed E-state index contributed by atoms with van der Waals surface area (Å²) in [7, 11) is 0. The molecule has 0 aliphatic rings. The van der Waals surface area contributed by atoms with Crippen LogP contribution < -0.4 is 4.90 Å². The molecule has 1 heteroatoms. The fourth-order valence-corrected chi connectivity index (χ4v) is 11.6. The van der Waals surface area contributed by atoms with E-state index in [0.717, 1.165) is 17.1 Å². The van der Waals surface area contributed by atoms with Gasteiger partial charge in [-0.2, -0.15) is 0 Å². The van der Waals surface area contributed by atoms with Crippen LogP contribution in [0.25, 0.3) is 120 Å². The van der Waals surface area contributed by atoms with Crippen LogP contribution in [0.3, 0.4) is 0 Å². The molecule has 0 atom stereocenters. The molecule has 0 amide bonds. The van der Waals surface area contributed by atoms with Crippen LogP contribution in [0, 0.1) is 0 Å². The number of nitrogens with zero attached hydrogens (tertiary/aromatic N) is 1. The Kier molecular flexibility index (Phi) is 11.6. The van der Waals surface area contributed by atoms with Gasteiger partial charge in [-0.15, -0.1) is 0 Å². The van der Waals surface area contributed by atoms with E-state index in [4.69, 9.17) is 0 Å². The van der Waals surface area contributed by atoms with Crippen molar-refractivity contribution in [3.05, 3.63) is 309 Å². The molecule has 0 fully saturated rings. The molecule has 360 valence electrons. The van der Waals surface area contributed by atoms with Gasteiger partial charge in [0.05, 0.1) is 0 Å². The standard InChI is InChI=1S/C42H29N.C34H22/c1-3-11-40(12-4-1)43(41-13-5-2-6-14-41)42-23-21-31(22-24-42)33-17-19-36-29-39-27-35(18-20-37(39)28-38(36)26-33)34-16-15-30-9-7-8-10-32(30)25-34;1-3-11-25-21-27(19-17-23(25)9-1)33-29-13-5-7-15-31(29)34(32-16-8-6-14-30(32)33)28-20-18-24-10-2-4-12-26(24)22-28/h1-29H;1-22H. The SMILES string of the molecule is c1ccc(N(c2ccccc2)c2ccc(-c3ccc4cc5cc(-c6ccc7ccccc7c6)ccc5cc4c3)cc2)cc1.c1ccc2cc(-c3c4ccccc4c(-c4ccc5ccccc5c4)c4ccccc34)ccc2c1. The Balaban J connectivity index is 0.000000144. The summed E-state index contributed by atoms with van der Waals surface area (Å²) in [6, 6.07) is 112. The van der Waals surface area contributed by atoms with Crippen molar-refractivity contribution in [1.82, 2.24) is 0 Å². The molecule has 77 heavy (non-hydrogen) atoms. The number of benzene rings is 15. The molecule has 0 radical (unpaired) electrons. The minimum absolute atomic E-state index is 1.13.